The molecule has 1 aromatic heterocycles. The Balaban J connectivity index is 2.17. The van der Waals surface area contributed by atoms with Gasteiger partial charge < -0.3 is 4.74 Å². The molecule has 0 amide bonds. The summed E-state index contributed by atoms with van der Waals surface area (Å²) >= 11 is 5.56. The first kappa shape index (κ1) is 10.8. The molecule has 0 spiro atoms. The van der Waals surface area contributed by atoms with E-state index >= 15 is 0 Å². The second-order valence-corrected chi connectivity index (χ2v) is 5.27. The van der Waals surface area contributed by atoms with Crippen molar-refractivity contribution in [3.05, 3.63) is 23.5 Å². The Morgan fingerprint density at radius 1 is 1.47 bits per heavy atom. The highest BCUT2D eigenvalue weighted by Gasteiger charge is 2.25. The molecule has 0 atom stereocenters. The van der Waals surface area contributed by atoms with Crippen LogP contribution in [0.1, 0.15) is 0 Å². The average Bonchev–Trinajstić information content (AvgIpc) is 2.13. The third-order valence-electron chi connectivity index (χ3n) is 1.97. The van der Waals surface area contributed by atoms with E-state index in [0.29, 0.717) is 13.2 Å². The fraction of sp³-hybridized carbons (Fsp3) is 0.375. The van der Waals surface area contributed by atoms with Crippen LogP contribution in [0.2, 0.25) is 5.15 Å². The number of sulfonamides is 1. The van der Waals surface area contributed by atoms with E-state index in [1.807, 2.05) is 0 Å². The van der Waals surface area contributed by atoms with Crippen molar-refractivity contribution in [2.24, 2.45) is 0 Å². The number of hydrogen-bond acceptors (Lipinski definition) is 4. The molecular weight excluding hydrogens is 240 g/mol. The van der Waals surface area contributed by atoms with Crippen LogP contribution in [0.15, 0.2) is 23.2 Å². The molecule has 0 aromatic carbocycles. The van der Waals surface area contributed by atoms with Crippen molar-refractivity contribution in [3.63, 3.8) is 0 Å². The summed E-state index contributed by atoms with van der Waals surface area (Å²) in [6.45, 7) is 0.834. The van der Waals surface area contributed by atoms with E-state index in [1.165, 1.54) is 18.3 Å². The lowest BCUT2D eigenvalue weighted by atomic mass is 10.3. The Bertz CT molecular complexity index is 441. The molecule has 1 aliphatic rings. The molecular formula is C8H9ClN2O3S. The maximum atomic E-state index is 11.7. The zero-order valence-corrected chi connectivity index (χ0v) is 9.25. The zero-order valence-electron chi connectivity index (χ0n) is 7.68. The van der Waals surface area contributed by atoms with E-state index in [2.05, 4.69) is 9.71 Å². The number of aromatic nitrogens is 1. The van der Waals surface area contributed by atoms with E-state index in [-0.39, 0.29) is 16.1 Å². The summed E-state index contributed by atoms with van der Waals surface area (Å²) in [5.41, 5.74) is 0. The summed E-state index contributed by atoms with van der Waals surface area (Å²) in [7, 11) is -3.49. The van der Waals surface area contributed by atoms with Crippen molar-refractivity contribution in [2.45, 2.75) is 10.9 Å². The molecule has 2 rings (SSSR count). The van der Waals surface area contributed by atoms with Gasteiger partial charge in [0, 0.05) is 6.20 Å². The molecule has 0 aliphatic carbocycles. The van der Waals surface area contributed by atoms with E-state index in [0.717, 1.165) is 0 Å². The van der Waals surface area contributed by atoms with Crippen molar-refractivity contribution in [3.8, 4) is 0 Å². The molecule has 1 aromatic rings. The minimum Gasteiger partial charge on any atom is -0.378 e. The van der Waals surface area contributed by atoms with E-state index in [4.69, 9.17) is 16.3 Å². The summed E-state index contributed by atoms with van der Waals surface area (Å²) in [5, 5.41) is 0.265. The smallest absolute Gasteiger partial charge is 0.242 e. The first-order valence-corrected chi connectivity index (χ1v) is 6.16. The van der Waals surface area contributed by atoms with Gasteiger partial charge in [-0.2, -0.15) is 0 Å². The fourth-order valence-corrected chi connectivity index (χ4v) is 2.37. The van der Waals surface area contributed by atoms with Crippen LogP contribution in [0.3, 0.4) is 0 Å². The minimum atomic E-state index is -3.49. The SMILES string of the molecule is O=S(=O)(NC1COC1)c1ccc(Cl)nc1. The normalized spacial score (nSPS) is 17.4. The number of halogens is 1. The van der Waals surface area contributed by atoms with E-state index < -0.39 is 10.0 Å². The minimum absolute atomic E-state index is 0.110. The highest BCUT2D eigenvalue weighted by Crippen LogP contribution is 2.12. The van der Waals surface area contributed by atoms with Crippen molar-refractivity contribution in [2.75, 3.05) is 13.2 Å². The van der Waals surface area contributed by atoms with Crippen molar-refractivity contribution >= 4 is 21.6 Å². The maximum Gasteiger partial charge on any atom is 0.242 e. The number of ether oxygens (including phenoxy) is 1. The molecule has 15 heavy (non-hydrogen) atoms. The van der Waals surface area contributed by atoms with Crippen LogP contribution < -0.4 is 4.72 Å². The molecule has 2 heterocycles. The molecule has 1 aliphatic heterocycles. The molecule has 0 unspecified atom stereocenters. The van der Waals surface area contributed by atoms with Crippen LogP contribution in [0.25, 0.3) is 0 Å². The predicted molar refractivity (Wildman–Crippen MR) is 54.2 cm³/mol. The Morgan fingerprint density at radius 3 is 2.67 bits per heavy atom. The van der Waals surface area contributed by atoms with Gasteiger partial charge in [-0.25, -0.2) is 18.1 Å². The molecule has 0 bridgehead atoms. The highest BCUT2D eigenvalue weighted by molar-refractivity contribution is 7.89. The fourth-order valence-electron chi connectivity index (χ4n) is 1.11. The van der Waals surface area contributed by atoms with Gasteiger partial charge in [-0.1, -0.05) is 11.6 Å². The van der Waals surface area contributed by atoms with Gasteiger partial charge in [0.25, 0.3) is 0 Å². The second-order valence-electron chi connectivity index (χ2n) is 3.17. The van der Waals surface area contributed by atoms with Gasteiger partial charge in [-0.05, 0) is 12.1 Å². The first-order valence-electron chi connectivity index (χ1n) is 4.29. The standard InChI is InChI=1S/C8H9ClN2O3S/c9-8-2-1-7(3-10-8)15(12,13)11-6-4-14-5-6/h1-3,6,11H,4-5H2. The Hall–Kier alpha value is -0.690. The molecule has 1 fully saturated rings. The van der Waals surface area contributed by atoms with Crippen LogP contribution in [-0.2, 0) is 14.8 Å². The average molecular weight is 249 g/mol. The van der Waals surface area contributed by atoms with Crippen LogP contribution in [0, 0.1) is 0 Å². The van der Waals surface area contributed by atoms with Gasteiger partial charge in [-0.3, -0.25) is 0 Å². The van der Waals surface area contributed by atoms with Crippen LogP contribution in [0.4, 0.5) is 0 Å². The lowest BCUT2D eigenvalue weighted by molar-refractivity contribution is 0.00482. The van der Waals surface area contributed by atoms with Gasteiger partial charge in [0.05, 0.1) is 19.3 Å². The van der Waals surface area contributed by atoms with Gasteiger partial charge in [0.15, 0.2) is 0 Å². The predicted octanol–water partition coefficient (Wildman–Crippen LogP) is 0.412. The molecule has 82 valence electrons. The topological polar surface area (TPSA) is 68.3 Å². The molecule has 1 N–H and O–H groups in total. The molecule has 0 saturated carbocycles. The number of hydrogen-bond donors (Lipinski definition) is 1. The number of pyridine rings is 1. The summed E-state index contributed by atoms with van der Waals surface area (Å²) in [5.74, 6) is 0. The largest absolute Gasteiger partial charge is 0.378 e. The second kappa shape index (κ2) is 4.05. The molecule has 1 saturated heterocycles. The van der Waals surface area contributed by atoms with Crippen LogP contribution in [-0.4, -0.2) is 32.7 Å². The summed E-state index contributed by atoms with van der Waals surface area (Å²) in [4.78, 5) is 3.82. The summed E-state index contributed by atoms with van der Waals surface area (Å²) < 4.78 is 30.8. The van der Waals surface area contributed by atoms with Gasteiger partial charge in [0.1, 0.15) is 10.0 Å². The van der Waals surface area contributed by atoms with Gasteiger partial charge in [-0.15, -0.1) is 0 Å². The third kappa shape index (κ3) is 2.46. The summed E-state index contributed by atoms with van der Waals surface area (Å²) in [6.07, 6.45) is 1.23. The van der Waals surface area contributed by atoms with Crippen molar-refractivity contribution < 1.29 is 13.2 Å². The molecule has 5 nitrogen and oxygen atoms in total. The van der Waals surface area contributed by atoms with Crippen molar-refractivity contribution in [1.29, 1.82) is 0 Å². The Kier molecular flexibility index (Phi) is 2.92. The number of nitrogens with one attached hydrogen (secondary N) is 1. The monoisotopic (exact) mass is 248 g/mol. The number of nitrogens with zero attached hydrogens (tertiary/aromatic N) is 1. The zero-order chi connectivity index (χ0) is 10.9. The first-order chi connectivity index (χ1) is 7.08. The van der Waals surface area contributed by atoms with Crippen molar-refractivity contribution in [1.82, 2.24) is 9.71 Å². The van der Waals surface area contributed by atoms with E-state index in [9.17, 15) is 8.42 Å². The quantitative estimate of drug-likeness (QED) is 0.787. The summed E-state index contributed by atoms with van der Waals surface area (Å²) in [6, 6.07) is 2.72. The lowest BCUT2D eigenvalue weighted by Gasteiger charge is -2.26. The Morgan fingerprint density at radius 2 is 2.20 bits per heavy atom. The van der Waals surface area contributed by atoms with Gasteiger partial charge >= 0.3 is 0 Å². The van der Waals surface area contributed by atoms with E-state index in [1.54, 1.807) is 0 Å². The van der Waals surface area contributed by atoms with Crippen LogP contribution in [0.5, 0.6) is 0 Å². The highest BCUT2D eigenvalue weighted by atomic mass is 35.5. The molecule has 7 heteroatoms. The number of rotatable bonds is 3. The molecule has 0 radical (unpaired) electrons. The van der Waals surface area contributed by atoms with Crippen LogP contribution >= 0.6 is 11.6 Å². The maximum absolute atomic E-state index is 11.7. The third-order valence-corrected chi connectivity index (χ3v) is 3.70. The lowest BCUT2D eigenvalue weighted by Crippen LogP contribution is -2.48. The van der Waals surface area contributed by atoms with Gasteiger partial charge in [0.2, 0.25) is 10.0 Å². The Labute approximate surface area is 92.5 Å².